The van der Waals surface area contributed by atoms with Crippen molar-refractivity contribution in [2.24, 2.45) is 0 Å². The molecule has 21 heavy (non-hydrogen) atoms. The molecule has 116 valence electrons. The lowest BCUT2D eigenvalue weighted by molar-refractivity contribution is 0.260. The molecule has 2 saturated heterocycles. The van der Waals surface area contributed by atoms with Gasteiger partial charge in [0.15, 0.2) is 5.82 Å². The summed E-state index contributed by atoms with van der Waals surface area (Å²) in [5.41, 5.74) is 0. The minimum atomic E-state index is 0.652. The van der Waals surface area contributed by atoms with Gasteiger partial charge in [-0.25, -0.2) is 4.98 Å². The van der Waals surface area contributed by atoms with Crippen LogP contribution in [0.25, 0.3) is 0 Å². The van der Waals surface area contributed by atoms with Crippen LogP contribution in [0.1, 0.15) is 32.6 Å². The maximum atomic E-state index is 6.31. The van der Waals surface area contributed by atoms with E-state index >= 15 is 0 Å². The van der Waals surface area contributed by atoms with Crippen molar-refractivity contribution >= 4 is 23.4 Å². The van der Waals surface area contributed by atoms with Gasteiger partial charge in [0.2, 0.25) is 5.95 Å². The van der Waals surface area contributed by atoms with Gasteiger partial charge in [0.25, 0.3) is 0 Å². The Balaban J connectivity index is 1.68. The van der Waals surface area contributed by atoms with Gasteiger partial charge < -0.3 is 10.2 Å². The van der Waals surface area contributed by atoms with E-state index < -0.39 is 0 Å². The molecule has 1 atom stereocenters. The molecule has 3 heterocycles. The lowest BCUT2D eigenvalue weighted by Gasteiger charge is -2.24. The molecule has 2 aliphatic rings. The van der Waals surface area contributed by atoms with E-state index in [0.29, 0.717) is 17.0 Å². The maximum absolute atomic E-state index is 6.31. The molecule has 2 aliphatic heterocycles. The quantitative estimate of drug-likeness (QED) is 0.906. The highest BCUT2D eigenvalue weighted by molar-refractivity contribution is 6.32. The van der Waals surface area contributed by atoms with Crippen LogP contribution in [-0.2, 0) is 0 Å². The van der Waals surface area contributed by atoms with Crippen molar-refractivity contribution in [1.29, 1.82) is 0 Å². The Hall–Kier alpha value is -1.07. The monoisotopic (exact) mass is 309 g/mol. The minimum absolute atomic E-state index is 0.652. The molecule has 1 aromatic rings. The van der Waals surface area contributed by atoms with Crippen molar-refractivity contribution in [2.45, 2.75) is 38.6 Å². The first-order chi connectivity index (χ1) is 10.3. The standard InChI is InChI=1S/C15H24ClN5/c1-2-6-17-15-18-10-13(16)14(19-15)21-9-5-12(11-21)20-7-3-4-8-20/h10,12H,2-9,11H2,1H3,(H,17,18,19). The smallest absolute Gasteiger partial charge is 0.224 e. The van der Waals surface area contributed by atoms with Crippen molar-refractivity contribution in [2.75, 3.05) is 42.9 Å². The molecule has 0 radical (unpaired) electrons. The second-order valence-electron chi connectivity index (χ2n) is 5.92. The third kappa shape index (κ3) is 3.40. The summed E-state index contributed by atoms with van der Waals surface area (Å²) in [6.45, 7) is 7.58. The van der Waals surface area contributed by atoms with Gasteiger partial charge in [-0.2, -0.15) is 4.98 Å². The van der Waals surface area contributed by atoms with Crippen LogP contribution in [0, 0.1) is 0 Å². The Labute approximate surface area is 131 Å². The fourth-order valence-corrected chi connectivity index (χ4v) is 3.45. The second-order valence-corrected chi connectivity index (χ2v) is 6.33. The predicted octanol–water partition coefficient (Wildman–Crippen LogP) is 2.63. The molecule has 5 nitrogen and oxygen atoms in total. The average molecular weight is 310 g/mol. The largest absolute Gasteiger partial charge is 0.354 e. The highest BCUT2D eigenvalue weighted by Gasteiger charge is 2.30. The molecule has 6 heteroatoms. The second kappa shape index (κ2) is 6.79. The molecule has 0 amide bonds. The first kappa shape index (κ1) is 14.9. The van der Waals surface area contributed by atoms with Crippen molar-refractivity contribution < 1.29 is 0 Å². The predicted molar refractivity (Wildman–Crippen MR) is 87.2 cm³/mol. The third-order valence-electron chi connectivity index (χ3n) is 4.38. The van der Waals surface area contributed by atoms with Crippen LogP contribution in [0.4, 0.5) is 11.8 Å². The van der Waals surface area contributed by atoms with Crippen LogP contribution in [-0.4, -0.2) is 53.6 Å². The first-order valence-corrected chi connectivity index (χ1v) is 8.41. The SMILES string of the molecule is CCCNc1ncc(Cl)c(N2CCC(N3CCCC3)C2)n1. The van der Waals surface area contributed by atoms with Crippen LogP contribution in [0.3, 0.4) is 0 Å². The summed E-state index contributed by atoms with van der Waals surface area (Å²) < 4.78 is 0. The third-order valence-corrected chi connectivity index (χ3v) is 4.65. The van der Waals surface area contributed by atoms with Crippen LogP contribution >= 0.6 is 11.6 Å². The van der Waals surface area contributed by atoms with E-state index in [1.807, 2.05) is 0 Å². The molecule has 2 fully saturated rings. The Kier molecular flexibility index (Phi) is 4.80. The van der Waals surface area contributed by atoms with E-state index in [0.717, 1.165) is 31.9 Å². The van der Waals surface area contributed by atoms with E-state index in [-0.39, 0.29) is 0 Å². The van der Waals surface area contributed by atoms with Gasteiger partial charge in [0.05, 0.1) is 6.20 Å². The Bertz CT molecular complexity index is 475. The molecule has 1 unspecified atom stereocenters. The van der Waals surface area contributed by atoms with E-state index in [1.165, 1.54) is 32.4 Å². The fourth-order valence-electron chi connectivity index (χ4n) is 3.24. The maximum Gasteiger partial charge on any atom is 0.224 e. The number of nitrogens with one attached hydrogen (secondary N) is 1. The summed E-state index contributed by atoms with van der Waals surface area (Å²) in [4.78, 5) is 13.8. The zero-order chi connectivity index (χ0) is 14.7. The summed E-state index contributed by atoms with van der Waals surface area (Å²) in [5, 5.41) is 3.89. The van der Waals surface area contributed by atoms with Gasteiger partial charge in [-0.3, -0.25) is 4.90 Å². The van der Waals surface area contributed by atoms with Crippen LogP contribution in [0.15, 0.2) is 6.20 Å². The summed E-state index contributed by atoms with van der Waals surface area (Å²) in [6.07, 6.45) is 6.66. The molecular weight excluding hydrogens is 286 g/mol. The lowest BCUT2D eigenvalue weighted by atomic mass is 10.2. The number of halogens is 1. The van der Waals surface area contributed by atoms with Gasteiger partial charge in [-0.15, -0.1) is 0 Å². The Morgan fingerprint density at radius 1 is 1.33 bits per heavy atom. The molecule has 0 aromatic carbocycles. The highest BCUT2D eigenvalue weighted by Crippen LogP contribution is 2.29. The van der Waals surface area contributed by atoms with E-state index in [4.69, 9.17) is 11.6 Å². The average Bonchev–Trinajstić information content (AvgIpc) is 3.17. The van der Waals surface area contributed by atoms with Gasteiger partial charge in [0.1, 0.15) is 5.02 Å². The zero-order valence-electron chi connectivity index (χ0n) is 12.7. The summed E-state index contributed by atoms with van der Waals surface area (Å²) in [5.74, 6) is 1.56. The molecule has 1 N–H and O–H groups in total. The molecule has 0 saturated carbocycles. The number of nitrogens with zero attached hydrogens (tertiary/aromatic N) is 4. The van der Waals surface area contributed by atoms with Crippen molar-refractivity contribution in [3.8, 4) is 0 Å². The van der Waals surface area contributed by atoms with Crippen LogP contribution in [0.5, 0.6) is 0 Å². The number of likely N-dealkylation sites (tertiary alicyclic amines) is 1. The lowest BCUT2D eigenvalue weighted by Crippen LogP contribution is -2.35. The molecule has 1 aromatic heterocycles. The van der Waals surface area contributed by atoms with Crippen molar-refractivity contribution in [1.82, 2.24) is 14.9 Å². The Morgan fingerprint density at radius 2 is 2.14 bits per heavy atom. The summed E-state index contributed by atoms with van der Waals surface area (Å²) in [7, 11) is 0. The van der Waals surface area contributed by atoms with Crippen LogP contribution in [0.2, 0.25) is 5.02 Å². The van der Waals surface area contributed by atoms with E-state index in [2.05, 4.69) is 32.0 Å². The first-order valence-electron chi connectivity index (χ1n) is 8.03. The van der Waals surface area contributed by atoms with Crippen molar-refractivity contribution in [3.05, 3.63) is 11.2 Å². The molecule has 0 bridgehead atoms. The van der Waals surface area contributed by atoms with Crippen molar-refractivity contribution in [3.63, 3.8) is 0 Å². The molecule has 3 rings (SSSR count). The van der Waals surface area contributed by atoms with E-state index in [1.54, 1.807) is 6.20 Å². The number of anilines is 2. The fraction of sp³-hybridized carbons (Fsp3) is 0.733. The number of hydrogen-bond acceptors (Lipinski definition) is 5. The van der Waals surface area contributed by atoms with Gasteiger partial charge in [-0.05, 0) is 38.8 Å². The highest BCUT2D eigenvalue weighted by atomic mass is 35.5. The normalized spacial score (nSPS) is 23.0. The number of rotatable bonds is 5. The van der Waals surface area contributed by atoms with Gasteiger partial charge in [0, 0.05) is 25.7 Å². The van der Waals surface area contributed by atoms with Crippen LogP contribution < -0.4 is 10.2 Å². The summed E-state index contributed by atoms with van der Waals surface area (Å²) in [6, 6.07) is 0.658. The molecule has 0 spiro atoms. The minimum Gasteiger partial charge on any atom is -0.354 e. The molecular formula is C15H24ClN5. The van der Waals surface area contributed by atoms with Gasteiger partial charge >= 0.3 is 0 Å². The van der Waals surface area contributed by atoms with Gasteiger partial charge in [-0.1, -0.05) is 18.5 Å². The number of aromatic nitrogens is 2. The summed E-state index contributed by atoms with van der Waals surface area (Å²) >= 11 is 6.31. The Morgan fingerprint density at radius 3 is 2.90 bits per heavy atom. The molecule has 0 aliphatic carbocycles. The topological polar surface area (TPSA) is 44.3 Å². The van der Waals surface area contributed by atoms with E-state index in [9.17, 15) is 0 Å². The number of hydrogen-bond donors (Lipinski definition) is 1. The zero-order valence-corrected chi connectivity index (χ0v) is 13.4.